The van der Waals surface area contributed by atoms with Crippen molar-refractivity contribution in [1.29, 1.82) is 0 Å². The summed E-state index contributed by atoms with van der Waals surface area (Å²) < 4.78 is 0. The molecule has 4 nitrogen and oxygen atoms in total. The van der Waals surface area contributed by atoms with Crippen LogP contribution in [0.15, 0.2) is 18.2 Å². The van der Waals surface area contributed by atoms with Gasteiger partial charge in [0.15, 0.2) is 0 Å². The van der Waals surface area contributed by atoms with E-state index in [0.717, 1.165) is 31.2 Å². The number of carboxylic acid groups (broad SMARTS) is 1. The van der Waals surface area contributed by atoms with E-state index >= 15 is 0 Å². The van der Waals surface area contributed by atoms with E-state index in [-0.39, 0.29) is 23.7 Å². The highest BCUT2D eigenvalue weighted by Gasteiger charge is 2.53. The number of aryl methyl sites for hydroxylation is 2. The molecule has 1 aliphatic heterocycles. The molecule has 2 aliphatic rings. The number of carbonyl (C=O) groups is 2. The second-order valence-electron chi connectivity index (χ2n) is 7.29. The van der Waals surface area contributed by atoms with Crippen LogP contribution in [0.2, 0.25) is 0 Å². The number of aliphatic carboxylic acids is 1. The number of benzene rings is 1. The zero-order chi connectivity index (χ0) is 16.6. The van der Waals surface area contributed by atoms with Gasteiger partial charge >= 0.3 is 5.97 Å². The topological polar surface area (TPSA) is 57.6 Å². The molecule has 1 heterocycles. The number of carbonyl (C=O) groups excluding carboxylic acids is 1. The molecule has 0 aromatic heterocycles. The van der Waals surface area contributed by atoms with Crippen LogP contribution in [0.4, 0.5) is 0 Å². The number of carboxylic acids is 1. The van der Waals surface area contributed by atoms with Crippen LogP contribution >= 0.6 is 0 Å². The van der Waals surface area contributed by atoms with Gasteiger partial charge in [-0.25, -0.2) is 0 Å². The van der Waals surface area contributed by atoms with Crippen molar-refractivity contribution in [2.24, 2.45) is 5.92 Å². The lowest BCUT2D eigenvalue weighted by Gasteiger charge is -2.34. The smallest absolute Gasteiger partial charge is 0.303 e. The molecule has 0 atom stereocenters. The Balaban J connectivity index is 1.70. The second-order valence-corrected chi connectivity index (χ2v) is 7.29. The number of rotatable bonds is 4. The van der Waals surface area contributed by atoms with Crippen molar-refractivity contribution >= 4 is 11.9 Å². The lowest BCUT2D eigenvalue weighted by molar-refractivity contribution is -0.139. The average Bonchev–Trinajstić information content (AvgIpc) is 3.27. The summed E-state index contributed by atoms with van der Waals surface area (Å²) in [6, 6.07) is 6.44. The maximum absolute atomic E-state index is 13.0. The van der Waals surface area contributed by atoms with E-state index in [9.17, 15) is 9.59 Å². The molecule has 1 aliphatic carbocycles. The van der Waals surface area contributed by atoms with Gasteiger partial charge in [0.1, 0.15) is 0 Å². The third kappa shape index (κ3) is 3.26. The average molecular weight is 315 g/mol. The number of hydrogen-bond acceptors (Lipinski definition) is 2. The van der Waals surface area contributed by atoms with Crippen molar-refractivity contribution in [2.75, 3.05) is 13.1 Å². The van der Waals surface area contributed by atoms with E-state index in [0.29, 0.717) is 13.1 Å². The molecule has 1 aromatic rings. The van der Waals surface area contributed by atoms with E-state index in [1.807, 2.05) is 4.90 Å². The third-order valence-corrected chi connectivity index (χ3v) is 5.30. The molecule has 1 saturated carbocycles. The standard InChI is InChI=1S/C19H25NO3/c1-13-9-14(2)11-16(10-13)19(5-6-19)18(23)20-7-3-15(4-8-20)12-17(21)22/h9-11,15H,3-8,12H2,1-2H3,(H,21,22). The van der Waals surface area contributed by atoms with Gasteiger partial charge in [-0.3, -0.25) is 9.59 Å². The minimum absolute atomic E-state index is 0.216. The van der Waals surface area contributed by atoms with Crippen LogP contribution in [0, 0.1) is 19.8 Å². The summed E-state index contributed by atoms with van der Waals surface area (Å²) in [6.07, 6.45) is 3.71. The quantitative estimate of drug-likeness (QED) is 0.929. The molecule has 23 heavy (non-hydrogen) atoms. The van der Waals surface area contributed by atoms with Crippen LogP contribution in [0.3, 0.4) is 0 Å². The first kappa shape index (κ1) is 16.0. The van der Waals surface area contributed by atoms with Gasteiger partial charge in [-0.15, -0.1) is 0 Å². The number of piperidine rings is 1. The van der Waals surface area contributed by atoms with Crippen LogP contribution in [0.1, 0.15) is 48.8 Å². The Labute approximate surface area is 137 Å². The fraction of sp³-hybridized carbons (Fsp3) is 0.579. The molecule has 0 bridgehead atoms. The van der Waals surface area contributed by atoms with Crippen LogP contribution < -0.4 is 0 Å². The lowest BCUT2D eigenvalue weighted by atomic mass is 9.89. The molecule has 0 unspecified atom stereocenters. The molecule has 0 spiro atoms. The second kappa shape index (κ2) is 5.99. The minimum atomic E-state index is -0.733. The number of hydrogen-bond donors (Lipinski definition) is 1. The van der Waals surface area contributed by atoms with E-state index in [1.54, 1.807) is 0 Å². The fourth-order valence-electron chi connectivity index (χ4n) is 3.89. The molecule has 1 amide bonds. The maximum Gasteiger partial charge on any atom is 0.303 e. The monoisotopic (exact) mass is 315 g/mol. The predicted octanol–water partition coefficient (Wildman–Crippen LogP) is 3.05. The molecule has 1 saturated heterocycles. The number of likely N-dealkylation sites (tertiary alicyclic amines) is 1. The molecule has 2 fully saturated rings. The summed E-state index contributed by atoms with van der Waals surface area (Å²) in [5.41, 5.74) is 3.27. The van der Waals surface area contributed by atoms with Gasteiger partial charge in [-0.2, -0.15) is 0 Å². The van der Waals surface area contributed by atoms with Gasteiger partial charge in [0.25, 0.3) is 0 Å². The third-order valence-electron chi connectivity index (χ3n) is 5.30. The van der Waals surface area contributed by atoms with E-state index in [1.165, 1.54) is 11.1 Å². The first-order chi connectivity index (χ1) is 10.9. The normalized spacial score (nSPS) is 20.3. The lowest BCUT2D eigenvalue weighted by Crippen LogP contribution is -2.44. The zero-order valence-corrected chi connectivity index (χ0v) is 14.0. The summed E-state index contributed by atoms with van der Waals surface area (Å²) in [4.78, 5) is 25.8. The summed E-state index contributed by atoms with van der Waals surface area (Å²) in [5, 5.41) is 8.90. The molecule has 124 valence electrons. The summed E-state index contributed by atoms with van der Waals surface area (Å²) in [7, 11) is 0. The predicted molar refractivity (Wildman–Crippen MR) is 88.4 cm³/mol. The minimum Gasteiger partial charge on any atom is -0.481 e. The molecule has 0 radical (unpaired) electrons. The van der Waals surface area contributed by atoms with Gasteiger partial charge in [0.2, 0.25) is 5.91 Å². The molecular formula is C19H25NO3. The van der Waals surface area contributed by atoms with Gasteiger partial charge in [-0.05, 0) is 51.0 Å². The van der Waals surface area contributed by atoms with Gasteiger partial charge in [-0.1, -0.05) is 29.3 Å². The van der Waals surface area contributed by atoms with Crippen molar-refractivity contribution in [3.05, 3.63) is 34.9 Å². The highest BCUT2D eigenvalue weighted by molar-refractivity contribution is 5.91. The summed E-state index contributed by atoms with van der Waals surface area (Å²) >= 11 is 0. The van der Waals surface area contributed by atoms with E-state index in [4.69, 9.17) is 5.11 Å². The molecule has 4 heteroatoms. The summed E-state index contributed by atoms with van der Waals surface area (Å²) in [5.74, 6) is -0.270. The SMILES string of the molecule is Cc1cc(C)cc(C2(C(=O)N3CCC(CC(=O)O)CC3)CC2)c1. The zero-order valence-electron chi connectivity index (χ0n) is 14.0. The molecule has 1 N–H and O–H groups in total. The van der Waals surface area contributed by atoms with Crippen molar-refractivity contribution in [3.8, 4) is 0 Å². The largest absolute Gasteiger partial charge is 0.481 e. The molecular weight excluding hydrogens is 290 g/mol. The Morgan fingerprint density at radius 2 is 1.70 bits per heavy atom. The first-order valence-corrected chi connectivity index (χ1v) is 8.51. The van der Waals surface area contributed by atoms with Crippen molar-refractivity contribution in [2.45, 2.75) is 51.4 Å². The van der Waals surface area contributed by atoms with Gasteiger partial charge in [0.05, 0.1) is 5.41 Å². The van der Waals surface area contributed by atoms with Crippen LogP contribution in [-0.4, -0.2) is 35.0 Å². The van der Waals surface area contributed by atoms with Crippen LogP contribution in [0.5, 0.6) is 0 Å². The van der Waals surface area contributed by atoms with E-state index in [2.05, 4.69) is 32.0 Å². The highest BCUT2D eigenvalue weighted by atomic mass is 16.4. The highest BCUT2D eigenvalue weighted by Crippen LogP contribution is 2.50. The first-order valence-electron chi connectivity index (χ1n) is 8.51. The van der Waals surface area contributed by atoms with Gasteiger partial charge in [0, 0.05) is 19.5 Å². The molecule has 3 rings (SSSR count). The van der Waals surface area contributed by atoms with Crippen molar-refractivity contribution in [1.82, 2.24) is 4.90 Å². The molecule has 1 aromatic carbocycles. The maximum atomic E-state index is 13.0. The van der Waals surface area contributed by atoms with Gasteiger partial charge < -0.3 is 10.0 Å². The van der Waals surface area contributed by atoms with Crippen molar-refractivity contribution in [3.63, 3.8) is 0 Å². The Kier molecular flexibility index (Phi) is 4.17. The Bertz CT molecular complexity index is 605. The summed E-state index contributed by atoms with van der Waals surface area (Å²) in [6.45, 7) is 5.55. The Hall–Kier alpha value is -1.84. The Morgan fingerprint density at radius 1 is 1.13 bits per heavy atom. The number of amides is 1. The number of nitrogens with zero attached hydrogens (tertiary/aromatic N) is 1. The Morgan fingerprint density at radius 3 is 2.17 bits per heavy atom. The van der Waals surface area contributed by atoms with Crippen LogP contribution in [-0.2, 0) is 15.0 Å². The fourth-order valence-corrected chi connectivity index (χ4v) is 3.89. The van der Waals surface area contributed by atoms with E-state index < -0.39 is 5.97 Å². The van der Waals surface area contributed by atoms with Crippen molar-refractivity contribution < 1.29 is 14.7 Å². The van der Waals surface area contributed by atoms with Crippen LogP contribution in [0.25, 0.3) is 0 Å².